The van der Waals surface area contributed by atoms with Crippen LogP contribution >= 0.6 is 23.2 Å². The third kappa shape index (κ3) is 5.93. The van der Waals surface area contributed by atoms with E-state index in [4.69, 9.17) is 23.2 Å². The summed E-state index contributed by atoms with van der Waals surface area (Å²) in [5.41, 5.74) is 2.37. The van der Waals surface area contributed by atoms with Crippen molar-refractivity contribution >= 4 is 28.9 Å². The molecule has 0 amide bonds. The SMILES string of the molecule is CC(C)CCN(CCC(C)C)c1cc(Cl)ccc1CCl. The van der Waals surface area contributed by atoms with Crippen molar-refractivity contribution in [3.8, 4) is 0 Å². The Morgan fingerprint density at radius 1 is 1.00 bits per heavy atom. The lowest BCUT2D eigenvalue weighted by Gasteiger charge is -2.28. The minimum Gasteiger partial charge on any atom is -0.371 e. The summed E-state index contributed by atoms with van der Waals surface area (Å²) >= 11 is 12.3. The van der Waals surface area contributed by atoms with Gasteiger partial charge in [-0.2, -0.15) is 0 Å². The Bertz CT molecular complexity index is 390. The molecule has 0 unspecified atom stereocenters. The van der Waals surface area contributed by atoms with Gasteiger partial charge in [-0.25, -0.2) is 0 Å². The van der Waals surface area contributed by atoms with E-state index in [9.17, 15) is 0 Å². The highest BCUT2D eigenvalue weighted by Gasteiger charge is 2.13. The van der Waals surface area contributed by atoms with Gasteiger partial charge < -0.3 is 4.90 Å². The van der Waals surface area contributed by atoms with E-state index in [0.717, 1.165) is 18.1 Å². The van der Waals surface area contributed by atoms with Crippen molar-refractivity contribution in [2.75, 3.05) is 18.0 Å². The molecule has 1 aromatic rings. The Morgan fingerprint density at radius 2 is 1.55 bits per heavy atom. The standard InChI is InChI=1S/C17H27Cl2N/c1-13(2)7-9-20(10-8-14(3)4)17-11-16(19)6-5-15(17)12-18/h5-6,11,13-14H,7-10,12H2,1-4H3. The van der Waals surface area contributed by atoms with E-state index in [1.807, 2.05) is 12.1 Å². The first-order valence-electron chi connectivity index (χ1n) is 7.53. The lowest BCUT2D eigenvalue weighted by Crippen LogP contribution is -2.28. The van der Waals surface area contributed by atoms with Crippen molar-refractivity contribution < 1.29 is 0 Å². The summed E-state index contributed by atoms with van der Waals surface area (Å²) in [6.45, 7) is 11.2. The molecule has 1 rings (SSSR count). The molecule has 0 saturated carbocycles. The topological polar surface area (TPSA) is 3.24 Å². The predicted octanol–water partition coefficient (Wildman–Crippen LogP) is 5.98. The monoisotopic (exact) mass is 315 g/mol. The molecule has 3 heteroatoms. The number of hydrogen-bond donors (Lipinski definition) is 0. The van der Waals surface area contributed by atoms with Crippen molar-refractivity contribution in [2.45, 2.75) is 46.4 Å². The van der Waals surface area contributed by atoms with Gasteiger partial charge in [-0.05, 0) is 42.4 Å². The second-order valence-corrected chi connectivity index (χ2v) is 6.96. The number of hydrogen-bond acceptors (Lipinski definition) is 1. The molecule has 0 aliphatic carbocycles. The first kappa shape index (κ1) is 17.7. The van der Waals surface area contributed by atoms with E-state index in [0.29, 0.717) is 17.7 Å². The Morgan fingerprint density at radius 3 is 2.00 bits per heavy atom. The average Bonchev–Trinajstić information content (AvgIpc) is 2.38. The van der Waals surface area contributed by atoms with Gasteiger partial charge in [0.1, 0.15) is 0 Å². The summed E-state index contributed by atoms with van der Waals surface area (Å²) in [4.78, 5) is 2.45. The van der Waals surface area contributed by atoms with Crippen LogP contribution in [0.3, 0.4) is 0 Å². The number of rotatable bonds is 8. The maximum atomic E-state index is 6.17. The van der Waals surface area contributed by atoms with Gasteiger partial charge in [-0.1, -0.05) is 45.4 Å². The van der Waals surface area contributed by atoms with E-state index in [2.05, 4.69) is 38.7 Å². The van der Waals surface area contributed by atoms with E-state index in [1.54, 1.807) is 0 Å². The molecule has 0 atom stereocenters. The van der Waals surface area contributed by atoms with Crippen LogP contribution in [0.25, 0.3) is 0 Å². The van der Waals surface area contributed by atoms with Gasteiger partial charge in [0.2, 0.25) is 0 Å². The molecule has 114 valence electrons. The Balaban J connectivity index is 2.92. The van der Waals surface area contributed by atoms with Crippen LogP contribution < -0.4 is 4.90 Å². The number of anilines is 1. The summed E-state index contributed by atoms with van der Waals surface area (Å²) in [7, 11) is 0. The van der Waals surface area contributed by atoms with Crippen LogP contribution in [0.4, 0.5) is 5.69 Å². The molecule has 0 N–H and O–H groups in total. The first-order chi connectivity index (χ1) is 9.43. The molecule has 1 nitrogen and oxygen atoms in total. The van der Waals surface area contributed by atoms with Gasteiger partial charge in [0.05, 0.1) is 0 Å². The van der Waals surface area contributed by atoms with Crippen molar-refractivity contribution in [3.63, 3.8) is 0 Å². The molecular weight excluding hydrogens is 289 g/mol. The molecular formula is C17H27Cl2N. The minimum atomic E-state index is 0.534. The van der Waals surface area contributed by atoms with Crippen molar-refractivity contribution in [3.05, 3.63) is 28.8 Å². The van der Waals surface area contributed by atoms with Crippen LogP contribution in [0, 0.1) is 11.8 Å². The third-order valence-corrected chi connectivity index (χ3v) is 4.01. The van der Waals surface area contributed by atoms with Gasteiger partial charge in [-0.3, -0.25) is 0 Å². The third-order valence-electron chi connectivity index (χ3n) is 3.48. The Labute approximate surface area is 134 Å². The summed E-state index contributed by atoms with van der Waals surface area (Å²) in [5.74, 6) is 1.94. The summed E-state index contributed by atoms with van der Waals surface area (Å²) in [6, 6.07) is 6.02. The van der Waals surface area contributed by atoms with Crippen LogP contribution in [-0.4, -0.2) is 13.1 Å². The lowest BCUT2D eigenvalue weighted by atomic mass is 10.1. The van der Waals surface area contributed by atoms with E-state index in [-0.39, 0.29) is 0 Å². The maximum absolute atomic E-state index is 6.17. The number of alkyl halides is 1. The minimum absolute atomic E-state index is 0.534. The van der Waals surface area contributed by atoms with Crippen LogP contribution in [-0.2, 0) is 5.88 Å². The summed E-state index contributed by atoms with van der Waals surface area (Å²) in [5, 5.41) is 0.785. The van der Waals surface area contributed by atoms with Crippen molar-refractivity contribution in [2.24, 2.45) is 11.8 Å². The molecule has 0 bridgehead atoms. The fourth-order valence-corrected chi connectivity index (χ4v) is 2.52. The largest absolute Gasteiger partial charge is 0.371 e. The zero-order valence-corrected chi connectivity index (χ0v) is 14.6. The highest BCUT2D eigenvalue weighted by molar-refractivity contribution is 6.31. The van der Waals surface area contributed by atoms with Crippen LogP contribution in [0.5, 0.6) is 0 Å². The number of halogens is 2. The quantitative estimate of drug-likeness (QED) is 0.533. The molecule has 0 heterocycles. The molecule has 0 fully saturated rings. The van der Waals surface area contributed by atoms with Crippen LogP contribution in [0.15, 0.2) is 18.2 Å². The molecule has 0 radical (unpaired) electrons. The summed E-state index contributed by atoms with van der Waals surface area (Å²) < 4.78 is 0. The molecule has 0 aliphatic rings. The van der Waals surface area contributed by atoms with Gasteiger partial charge >= 0.3 is 0 Å². The zero-order valence-electron chi connectivity index (χ0n) is 13.1. The Kier molecular flexibility index (Phi) is 7.76. The highest BCUT2D eigenvalue weighted by Crippen LogP contribution is 2.27. The fourth-order valence-electron chi connectivity index (χ4n) is 2.13. The molecule has 0 aliphatic heterocycles. The van der Waals surface area contributed by atoms with Gasteiger partial charge in [0.25, 0.3) is 0 Å². The molecule has 0 saturated heterocycles. The average molecular weight is 316 g/mol. The normalized spacial score (nSPS) is 11.4. The van der Waals surface area contributed by atoms with Crippen molar-refractivity contribution in [1.82, 2.24) is 0 Å². The molecule has 1 aromatic carbocycles. The molecule has 0 aromatic heterocycles. The predicted molar refractivity (Wildman–Crippen MR) is 92.1 cm³/mol. The Hall–Kier alpha value is -0.400. The molecule has 20 heavy (non-hydrogen) atoms. The number of benzene rings is 1. The zero-order chi connectivity index (χ0) is 15.1. The van der Waals surface area contributed by atoms with E-state index in [1.165, 1.54) is 24.1 Å². The lowest BCUT2D eigenvalue weighted by molar-refractivity contribution is 0.535. The second kappa shape index (κ2) is 8.79. The summed E-state index contributed by atoms with van der Waals surface area (Å²) in [6.07, 6.45) is 2.37. The van der Waals surface area contributed by atoms with Gasteiger partial charge in [0, 0.05) is 29.7 Å². The smallest absolute Gasteiger partial charge is 0.0494 e. The van der Waals surface area contributed by atoms with E-state index >= 15 is 0 Å². The second-order valence-electron chi connectivity index (χ2n) is 6.26. The van der Waals surface area contributed by atoms with Crippen LogP contribution in [0.2, 0.25) is 5.02 Å². The highest BCUT2D eigenvalue weighted by atomic mass is 35.5. The maximum Gasteiger partial charge on any atom is 0.0494 e. The van der Waals surface area contributed by atoms with Crippen LogP contribution in [0.1, 0.15) is 46.1 Å². The first-order valence-corrected chi connectivity index (χ1v) is 8.44. The number of nitrogens with zero attached hydrogens (tertiary/aromatic N) is 1. The van der Waals surface area contributed by atoms with Gasteiger partial charge in [-0.15, -0.1) is 11.6 Å². The molecule has 0 spiro atoms. The van der Waals surface area contributed by atoms with E-state index < -0.39 is 0 Å². The van der Waals surface area contributed by atoms with Crippen molar-refractivity contribution in [1.29, 1.82) is 0 Å². The van der Waals surface area contributed by atoms with Gasteiger partial charge in [0.15, 0.2) is 0 Å². The fraction of sp³-hybridized carbons (Fsp3) is 0.647.